The van der Waals surface area contributed by atoms with Crippen molar-refractivity contribution in [3.63, 3.8) is 0 Å². The number of carboxylic acids is 1. The predicted octanol–water partition coefficient (Wildman–Crippen LogP) is 5.99. The summed E-state index contributed by atoms with van der Waals surface area (Å²) in [7, 11) is 0. The number of carboxylic acid groups (broad SMARTS) is 1. The van der Waals surface area contributed by atoms with Crippen LogP contribution in [0.1, 0.15) is 71.1 Å². The predicted molar refractivity (Wildman–Crippen MR) is 99.2 cm³/mol. The van der Waals surface area contributed by atoms with Gasteiger partial charge in [0.05, 0.1) is 11.5 Å². The lowest BCUT2D eigenvalue weighted by molar-refractivity contribution is -0.137. The number of aliphatic hydroxyl groups is 2. The molecule has 0 fully saturated rings. The first kappa shape index (κ1) is 22.0. The van der Waals surface area contributed by atoms with Crippen molar-refractivity contribution in [2.75, 3.05) is 0 Å². The maximum atomic E-state index is 10.3. The summed E-state index contributed by atoms with van der Waals surface area (Å²) in [5.74, 6) is -0.00586. The number of hydrogen-bond donors (Lipinski definition) is 3. The first-order valence-electron chi connectivity index (χ1n) is 8.84. The highest BCUT2D eigenvalue weighted by Crippen LogP contribution is 2.07. The highest BCUT2D eigenvalue weighted by Gasteiger charge is 1.94. The number of aliphatic carboxylic acids is 1. The molecule has 0 radical (unpaired) electrons. The molecule has 0 aromatic heterocycles. The molecule has 4 nitrogen and oxygen atoms in total. The minimum atomic E-state index is -0.776. The van der Waals surface area contributed by atoms with Gasteiger partial charge >= 0.3 is 5.97 Å². The van der Waals surface area contributed by atoms with Crippen molar-refractivity contribution in [1.82, 2.24) is 0 Å². The number of allylic oxidation sites excluding steroid dienone is 7. The SMILES string of the molecule is CCCCCC(O)=CCC=CCC=C(O)CC=CCCCC(=O)O. The zero-order valence-corrected chi connectivity index (χ0v) is 14.8. The van der Waals surface area contributed by atoms with Gasteiger partial charge in [-0.05, 0) is 44.3 Å². The average molecular weight is 336 g/mol. The molecule has 0 spiro atoms. The summed E-state index contributed by atoms with van der Waals surface area (Å²) in [6, 6.07) is 0. The number of aliphatic hydroxyl groups excluding tert-OH is 2. The molecule has 0 atom stereocenters. The van der Waals surface area contributed by atoms with Gasteiger partial charge in [0.15, 0.2) is 0 Å². The fourth-order valence-corrected chi connectivity index (χ4v) is 2.04. The van der Waals surface area contributed by atoms with E-state index in [-0.39, 0.29) is 6.42 Å². The van der Waals surface area contributed by atoms with Gasteiger partial charge < -0.3 is 15.3 Å². The number of unbranched alkanes of at least 4 members (excludes halogenated alkanes) is 3. The van der Waals surface area contributed by atoms with Crippen LogP contribution in [0.3, 0.4) is 0 Å². The molecular weight excluding hydrogens is 304 g/mol. The van der Waals surface area contributed by atoms with Crippen LogP contribution in [-0.2, 0) is 4.79 Å². The van der Waals surface area contributed by atoms with E-state index in [1.807, 2.05) is 30.4 Å². The van der Waals surface area contributed by atoms with Gasteiger partial charge in [0, 0.05) is 19.3 Å². The fourth-order valence-electron chi connectivity index (χ4n) is 2.04. The Kier molecular flexibility index (Phi) is 14.6. The summed E-state index contributed by atoms with van der Waals surface area (Å²) < 4.78 is 0. The third-order valence-corrected chi connectivity index (χ3v) is 3.44. The number of carbonyl (C=O) groups is 1. The minimum absolute atomic E-state index is 0.180. The van der Waals surface area contributed by atoms with E-state index >= 15 is 0 Å². The molecule has 0 aliphatic heterocycles. The van der Waals surface area contributed by atoms with Crippen LogP contribution in [-0.4, -0.2) is 21.3 Å². The summed E-state index contributed by atoms with van der Waals surface area (Å²) in [5, 5.41) is 27.8. The van der Waals surface area contributed by atoms with Crippen molar-refractivity contribution in [2.45, 2.75) is 71.1 Å². The summed E-state index contributed by atoms with van der Waals surface area (Å²) in [4.78, 5) is 10.3. The average Bonchev–Trinajstić information content (AvgIpc) is 2.54. The van der Waals surface area contributed by atoms with Crippen molar-refractivity contribution in [3.05, 3.63) is 48.0 Å². The molecule has 3 N–H and O–H groups in total. The first-order chi connectivity index (χ1) is 11.6. The minimum Gasteiger partial charge on any atom is -0.513 e. The zero-order valence-electron chi connectivity index (χ0n) is 14.8. The van der Waals surface area contributed by atoms with E-state index in [0.29, 0.717) is 43.6 Å². The molecule has 0 aliphatic carbocycles. The van der Waals surface area contributed by atoms with E-state index in [1.54, 1.807) is 6.08 Å². The van der Waals surface area contributed by atoms with Crippen LogP contribution in [0.4, 0.5) is 0 Å². The molecule has 0 heterocycles. The standard InChI is InChI=1S/C20H32O4/c1-2-3-8-13-18(21)14-9-4-5-10-15-19(22)16-11-6-7-12-17-20(23)24/h4-6,11,14-15,21-22H,2-3,7-10,12-13,16-17H2,1H3,(H,23,24). The maximum Gasteiger partial charge on any atom is 0.303 e. The first-order valence-corrected chi connectivity index (χ1v) is 8.84. The summed E-state index contributed by atoms with van der Waals surface area (Å²) in [5.41, 5.74) is 0. The quantitative estimate of drug-likeness (QED) is 0.207. The third kappa shape index (κ3) is 16.4. The van der Waals surface area contributed by atoms with Crippen molar-refractivity contribution in [2.24, 2.45) is 0 Å². The van der Waals surface area contributed by atoms with Gasteiger partial charge in [-0.25, -0.2) is 0 Å². The van der Waals surface area contributed by atoms with Crippen LogP contribution in [0, 0.1) is 0 Å². The van der Waals surface area contributed by atoms with Crippen molar-refractivity contribution >= 4 is 5.97 Å². The molecule has 0 aromatic rings. The molecule has 0 unspecified atom stereocenters. The van der Waals surface area contributed by atoms with Gasteiger partial charge in [-0.15, -0.1) is 0 Å². The molecule has 0 rings (SSSR count). The summed E-state index contributed by atoms with van der Waals surface area (Å²) in [6.45, 7) is 2.14. The van der Waals surface area contributed by atoms with Crippen LogP contribution in [0.2, 0.25) is 0 Å². The van der Waals surface area contributed by atoms with Gasteiger partial charge in [-0.1, -0.05) is 44.1 Å². The summed E-state index contributed by atoms with van der Waals surface area (Å²) >= 11 is 0. The Labute approximate surface area is 145 Å². The molecule has 0 saturated heterocycles. The lowest BCUT2D eigenvalue weighted by Gasteiger charge is -1.97. The smallest absolute Gasteiger partial charge is 0.303 e. The molecular formula is C20H32O4. The Morgan fingerprint density at radius 1 is 0.792 bits per heavy atom. The van der Waals surface area contributed by atoms with Gasteiger partial charge in [0.2, 0.25) is 0 Å². The van der Waals surface area contributed by atoms with Gasteiger partial charge in [-0.2, -0.15) is 0 Å². The van der Waals surface area contributed by atoms with Crippen LogP contribution in [0.15, 0.2) is 48.0 Å². The lowest BCUT2D eigenvalue weighted by atomic mass is 10.1. The van der Waals surface area contributed by atoms with Gasteiger partial charge in [0.25, 0.3) is 0 Å². The normalized spacial score (nSPS) is 13.2. The molecule has 0 aliphatic rings. The molecule has 0 aromatic carbocycles. The van der Waals surface area contributed by atoms with E-state index in [0.717, 1.165) is 25.7 Å². The van der Waals surface area contributed by atoms with E-state index in [9.17, 15) is 15.0 Å². The zero-order chi connectivity index (χ0) is 18.0. The summed E-state index contributed by atoms with van der Waals surface area (Å²) in [6.07, 6.45) is 18.7. The number of rotatable bonds is 14. The molecule has 0 saturated carbocycles. The Bertz CT molecular complexity index is 445. The molecule has 136 valence electrons. The van der Waals surface area contributed by atoms with E-state index in [4.69, 9.17) is 5.11 Å². The van der Waals surface area contributed by atoms with Gasteiger partial charge in [-0.3, -0.25) is 4.79 Å². The topological polar surface area (TPSA) is 77.8 Å². The largest absolute Gasteiger partial charge is 0.513 e. The van der Waals surface area contributed by atoms with Crippen molar-refractivity contribution in [1.29, 1.82) is 0 Å². The molecule has 4 heteroatoms. The van der Waals surface area contributed by atoms with Crippen LogP contribution in [0.25, 0.3) is 0 Å². The fraction of sp³-hybridized carbons (Fsp3) is 0.550. The molecule has 24 heavy (non-hydrogen) atoms. The van der Waals surface area contributed by atoms with Crippen molar-refractivity contribution < 1.29 is 20.1 Å². The second-order valence-corrected chi connectivity index (χ2v) is 5.75. The Balaban J connectivity index is 3.78. The highest BCUT2D eigenvalue weighted by molar-refractivity contribution is 5.66. The van der Waals surface area contributed by atoms with E-state index < -0.39 is 5.97 Å². The Morgan fingerprint density at radius 2 is 1.46 bits per heavy atom. The van der Waals surface area contributed by atoms with Gasteiger partial charge in [0.1, 0.15) is 0 Å². The van der Waals surface area contributed by atoms with Crippen LogP contribution < -0.4 is 0 Å². The second kappa shape index (κ2) is 15.9. The second-order valence-electron chi connectivity index (χ2n) is 5.75. The highest BCUT2D eigenvalue weighted by atomic mass is 16.4. The monoisotopic (exact) mass is 336 g/mol. The van der Waals surface area contributed by atoms with Crippen LogP contribution >= 0.6 is 0 Å². The van der Waals surface area contributed by atoms with Crippen LogP contribution in [0.5, 0.6) is 0 Å². The molecule has 0 bridgehead atoms. The Hall–Kier alpha value is -1.97. The lowest BCUT2D eigenvalue weighted by Crippen LogP contribution is -1.92. The maximum absolute atomic E-state index is 10.3. The Morgan fingerprint density at radius 3 is 2.08 bits per heavy atom. The van der Waals surface area contributed by atoms with E-state index in [2.05, 4.69) is 6.92 Å². The third-order valence-electron chi connectivity index (χ3n) is 3.44. The number of hydrogen-bond acceptors (Lipinski definition) is 3. The van der Waals surface area contributed by atoms with E-state index in [1.165, 1.54) is 0 Å². The molecule has 0 amide bonds. The van der Waals surface area contributed by atoms with Crippen molar-refractivity contribution in [3.8, 4) is 0 Å².